The van der Waals surface area contributed by atoms with E-state index in [4.69, 9.17) is 17.3 Å². The topological polar surface area (TPSA) is 106 Å². The molecular formula is C28H39ClN6O2. The zero-order valence-corrected chi connectivity index (χ0v) is 22.3. The summed E-state index contributed by atoms with van der Waals surface area (Å²) in [5.74, 6) is 0.334. The molecule has 200 valence electrons. The zero-order valence-electron chi connectivity index (χ0n) is 21.5. The molecule has 1 aliphatic heterocycles. The first-order valence-electron chi connectivity index (χ1n) is 13.4. The van der Waals surface area contributed by atoms with Crippen LogP contribution in [0.5, 0.6) is 0 Å². The molecule has 1 saturated heterocycles. The van der Waals surface area contributed by atoms with Gasteiger partial charge in [-0.15, -0.1) is 6.58 Å². The monoisotopic (exact) mass is 526 g/mol. The van der Waals surface area contributed by atoms with Gasteiger partial charge in [-0.2, -0.15) is 5.10 Å². The van der Waals surface area contributed by atoms with E-state index < -0.39 is 12.1 Å². The predicted octanol–water partition coefficient (Wildman–Crippen LogP) is 3.75. The minimum atomic E-state index is -0.664. The lowest BCUT2D eigenvalue weighted by Crippen LogP contribution is -2.55. The normalized spacial score (nSPS) is 19.7. The second-order valence-corrected chi connectivity index (χ2v) is 11.1. The first-order chi connectivity index (χ1) is 17.9. The molecule has 3 N–H and O–H groups in total. The van der Waals surface area contributed by atoms with E-state index in [0.29, 0.717) is 30.5 Å². The van der Waals surface area contributed by atoms with Gasteiger partial charge in [0.2, 0.25) is 11.8 Å². The van der Waals surface area contributed by atoms with E-state index in [1.165, 1.54) is 32.1 Å². The molecule has 2 amide bonds. The fourth-order valence-electron chi connectivity index (χ4n) is 6.05. The molecule has 1 saturated carbocycles. The van der Waals surface area contributed by atoms with Crippen LogP contribution < -0.4 is 11.1 Å². The number of rotatable bonds is 10. The van der Waals surface area contributed by atoms with Crippen molar-refractivity contribution >= 4 is 23.4 Å². The van der Waals surface area contributed by atoms with Crippen LogP contribution in [-0.2, 0) is 22.6 Å². The molecule has 0 spiro atoms. The summed E-state index contributed by atoms with van der Waals surface area (Å²) in [6, 6.07) is 6.28. The Morgan fingerprint density at radius 1 is 1.19 bits per heavy atom. The maximum absolute atomic E-state index is 13.8. The number of nitrogens with two attached hydrogens (primary N) is 1. The highest BCUT2D eigenvalue weighted by Gasteiger charge is 2.43. The molecule has 4 rings (SSSR count). The molecular weight excluding hydrogens is 488 g/mol. The standard InChI is InChI=1S/C28H39ClN6O2/c1-2-24(30)17-26(36)33-25(16-21-8-10-23(29)11-9-21)27(37)34-14-12-28(13-15-34,18-35-20-31-19-32-35)22-6-4-3-5-7-22/h2,8-11,19-20,22,24-25H,1,3-7,12-18,30H2,(H,33,36). The van der Waals surface area contributed by atoms with Gasteiger partial charge in [-0.1, -0.05) is 49.1 Å². The molecule has 9 heteroatoms. The smallest absolute Gasteiger partial charge is 0.245 e. The molecule has 2 heterocycles. The van der Waals surface area contributed by atoms with Gasteiger partial charge in [0.1, 0.15) is 18.7 Å². The first kappa shape index (κ1) is 27.3. The number of nitrogens with one attached hydrogen (secondary N) is 1. The summed E-state index contributed by atoms with van der Waals surface area (Å²) in [5, 5.41) is 7.98. The summed E-state index contributed by atoms with van der Waals surface area (Å²) in [6.07, 6.45) is 13.6. The number of aromatic nitrogens is 3. The van der Waals surface area contributed by atoms with E-state index in [0.717, 1.165) is 24.9 Å². The van der Waals surface area contributed by atoms with E-state index in [-0.39, 0.29) is 23.7 Å². The Morgan fingerprint density at radius 3 is 2.51 bits per heavy atom. The molecule has 1 aromatic heterocycles. The lowest BCUT2D eigenvalue weighted by atomic mass is 9.63. The SMILES string of the molecule is C=CC(N)CC(=O)NC(Cc1ccc(Cl)cc1)C(=O)N1CCC(Cn2cncn2)(C2CCCCC2)CC1. The molecule has 2 aromatic rings. The van der Waals surface area contributed by atoms with Crippen molar-refractivity contribution in [2.24, 2.45) is 17.1 Å². The van der Waals surface area contributed by atoms with Crippen molar-refractivity contribution < 1.29 is 9.59 Å². The van der Waals surface area contributed by atoms with Gasteiger partial charge in [0, 0.05) is 43.5 Å². The predicted molar refractivity (Wildman–Crippen MR) is 145 cm³/mol. The summed E-state index contributed by atoms with van der Waals surface area (Å²) in [6.45, 7) is 5.83. The minimum absolute atomic E-state index is 0.0477. The van der Waals surface area contributed by atoms with E-state index in [9.17, 15) is 9.59 Å². The second-order valence-electron chi connectivity index (χ2n) is 10.7. The van der Waals surface area contributed by atoms with Gasteiger partial charge in [-0.25, -0.2) is 4.98 Å². The third-order valence-electron chi connectivity index (χ3n) is 8.20. The highest BCUT2D eigenvalue weighted by molar-refractivity contribution is 6.30. The Balaban J connectivity index is 1.47. The average Bonchev–Trinajstić information content (AvgIpc) is 3.43. The van der Waals surface area contributed by atoms with Gasteiger partial charge in [0.15, 0.2) is 0 Å². The van der Waals surface area contributed by atoms with Gasteiger partial charge in [-0.3, -0.25) is 14.3 Å². The maximum atomic E-state index is 13.8. The van der Waals surface area contributed by atoms with Crippen LogP contribution in [0.3, 0.4) is 0 Å². The van der Waals surface area contributed by atoms with Crippen molar-refractivity contribution in [3.8, 4) is 0 Å². The number of piperidine rings is 1. The molecule has 0 radical (unpaired) electrons. The van der Waals surface area contributed by atoms with Crippen LogP contribution in [0.25, 0.3) is 0 Å². The number of likely N-dealkylation sites (tertiary alicyclic amines) is 1. The Labute approximate surface area is 224 Å². The van der Waals surface area contributed by atoms with Crippen molar-refractivity contribution in [1.82, 2.24) is 25.0 Å². The van der Waals surface area contributed by atoms with Gasteiger partial charge in [-0.05, 0) is 54.7 Å². The number of benzene rings is 1. The molecule has 1 aliphatic carbocycles. The third-order valence-corrected chi connectivity index (χ3v) is 8.45. The molecule has 37 heavy (non-hydrogen) atoms. The molecule has 0 bridgehead atoms. The molecule has 1 aromatic carbocycles. The summed E-state index contributed by atoms with van der Waals surface area (Å²) >= 11 is 6.05. The largest absolute Gasteiger partial charge is 0.344 e. The lowest BCUT2D eigenvalue weighted by molar-refractivity contribution is -0.139. The molecule has 8 nitrogen and oxygen atoms in total. The van der Waals surface area contributed by atoms with Gasteiger partial charge >= 0.3 is 0 Å². The highest BCUT2D eigenvalue weighted by atomic mass is 35.5. The summed E-state index contributed by atoms with van der Waals surface area (Å²) < 4.78 is 1.96. The van der Waals surface area contributed by atoms with Crippen LogP contribution in [0.4, 0.5) is 0 Å². The number of amides is 2. The number of halogens is 1. The number of carbonyl (C=O) groups is 2. The third kappa shape index (κ3) is 7.20. The fraction of sp³-hybridized carbons (Fsp3) is 0.571. The van der Waals surface area contributed by atoms with Crippen molar-refractivity contribution in [3.05, 3.63) is 60.2 Å². The summed E-state index contributed by atoms with van der Waals surface area (Å²) in [7, 11) is 0. The van der Waals surface area contributed by atoms with Gasteiger partial charge in [0.25, 0.3) is 0 Å². The average molecular weight is 527 g/mol. The Bertz CT molecular complexity index is 1030. The zero-order chi connectivity index (χ0) is 26.3. The summed E-state index contributed by atoms with van der Waals surface area (Å²) in [4.78, 5) is 32.5. The maximum Gasteiger partial charge on any atom is 0.245 e. The van der Waals surface area contributed by atoms with Crippen molar-refractivity contribution in [2.75, 3.05) is 13.1 Å². The number of hydrogen-bond acceptors (Lipinski definition) is 5. The van der Waals surface area contributed by atoms with E-state index in [2.05, 4.69) is 22.0 Å². The van der Waals surface area contributed by atoms with Crippen LogP contribution in [0.1, 0.15) is 56.9 Å². The Hall–Kier alpha value is -2.71. The van der Waals surface area contributed by atoms with Crippen LogP contribution in [0, 0.1) is 11.3 Å². The number of nitrogens with zero attached hydrogens (tertiary/aromatic N) is 4. The molecule has 2 aliphatic rings. The van der Waals surface area contributed by atoms with Crippen molar-refractivity contribution in [3.63, 3.8) is 0 Å². The van der Waals surface area contributed by atoms with Crippen LogP contribution in [-0.4, -0.2) is 56.7 Å². The highest BCUT2D eigenvalue weighted by Crippen LogP contribution is 2.47. The van der Waals surface area contributed by atoms with Crippen LogP contribution in [0.15, 0.2) is 49.6 Å². The second kappa shape index (κ2) is 12.7. The molecule has 2 fully saturated rings. The van der Waals surface area contributed by atoms with E-state index in [1.54, 1.807) is 30.9 Å². The first-order valence-corrected chi connectivity index (χ1v) is 13.8. The van der Waals surface area contributed by atoms with Crippen molar-refractivity contribution in [1.29, 1.82) is 0 Å². The Kier molecular flexibility index (Phi) is 9.38. The van der Waals surface area contributed by atoms with Crippen LogP contribution >= 0.6 is 11.6 Å². The van der Waals surface area contributed by atoms with Crippen molar-refractivity contribution in [2.45, 2.75) is 76.4 Å². The van der Waals surface area contributed by atoms with E-state index in [1.807, 2.05) is 21.7 Å². The van der Waals surface area contributed by atoms with Gasteiger partial charge in [0.05, 0.1) is 0 Å². The van der Waals surface area contributed by atoms with Crippen LogP contribution in [0.2, 0.25) is 5.02 Å². The summed E-state index contributed by atoms with van der Waals surface area (Å²) in [5.41, 5.74) is 6.94. The quantitative estimate of drug-likeness (QED) is 0.458. The lowest BCUT2D eigenvalue weighted by Gasteiger charge is -2.48. The molecule has 2 unspecified atom stereocenters. The Morgan fingerprint density at radius 2 is 1.89 bits per heavy atom. The fourth-order valence-corrected chi connectivity index (χ4v) is 6.17. The molecule has 2 atom stereocenters. The number of hydrogen-bond donors (Lipinski definition) is 2. The van der Waals surface area contributed by atoms with E-state index >= 15 is 0 Å². The minimum Gasteiger partial charge on any atom is -0.344 e. The number of carbonyl (C=O) groups excluding carboxylic acids is 2. The van der Waals surface area contributed by atoms with Gasteiger partial charge < -0.3 is 16.0 Å².